The summed E-state index contributed by atoms with van der Waals surface area (Å²) in [5.74, 6) is 0.530. The van der Waals surface area contributed by atoms with Crippen molar-refractivity contribution >= 4 is 5.91 Å². The maximum atomic E-state index is 11.8. The molecule has 0 atom stereocenters. The quantitative estimate of drug-likeness (QED) is 0.894. The van der Waals surface area contributed by atoms with Crippen molar-refractivity contribution in [3.05, 3.63) is 35.4 Å². The Morgan fingerprint density at radius 3 is 2.50 bits per heavy atom. The monoisotopic (exact) mass is 272 g/mol. The van der Waals surface area contributed by atoms with Crippen molar-refractivity contribution in [1.82, 2.24) is 10.2 Å². The lowest BCUT2D eigenvalue weighted by atomic mass is 10.0. The Kier molecular flexibility index (Phi) is 4.36. The molecule has 0 unspecified atom stereocenters. The molecule has 0 spiro atoms. The van der Waals surface area contributed by atoms with Crippen LogP contribution in [0.4, 0.5) is 0 Å². The molecular formula is C17H24N2O. The van der Waals surface area contributed by atoms with E-state index in [1.807, 2.05) is 0 Å². The SMILES string of the molecule is O=C(NCc1ccccc1CN1CCCCC1)C1CC1. The third-order valence-corrected chi connectivity index (χ3v) is 4.36. The van der Waals surface area contributed by atoms with Gasteiger partial charge in [-0.25, -0.2) is 0 Å². The molecule has 0 radical (unpaired) electrons. The molecular weight excluding hydrogens is 248 g/mol. The molecule has 108 valence electrons. The lowest BCUT2D eigenvalue weighted by Crippen LogP contribution is -2.30. The van der Waals surface area contributed by atoms with E-state index in [1.54, 1.807) is 0 Å². The van der Waals surface area contributed by atoms with Crippen molar-refractivity contribution in [2.24, 2.45) is 5.92 Å². The molecule has 20 heavy (non-hydrogen) atoms. The fraction of sp³-hybridized carbons (Fsp3) is 0.588. The van der Waals surface area contributed by atoms with E-state index in [1.165, 1.54) is 43.5 Å². The van der Waals surface area contributed by atoms with Gasteiger partial charge in [-0.15, -0.1) is 0 Å². The highest BCUT2D eigenvalue weighted by Gasteiger charge is 2.29. The van der Waals surface area contributed by atoms with Gasteiger partial charge in [-0.2, -0.15) is 0 Å². The van der Waals surface area contributed by atoms with Crippen LogP contribution in [0.1, 0.15) is 43.2 Å². The molecule has 1 heterocycles. The van der Waals surface area contributed by atoms with Gasteiger partial charge in [0.2, 0.25) is 5.91 Å². The third-order valence-electron chi connectivity index (χ3n) is 4.36. The molecule has 1 saturated heterocycles. The minimum absolute atomic E-state index is 0.234. The van der Waals surface area contributed by atoms with Crippen LogP contribution < -0.4 is 5.32 Å². The smallest absolute Gasteiger partial charge is 0.223 e. The van der Waals surface area contributed by atoms with Gasteiger partial charge in [-0.1, -0.05) is 30.7 Å². The van der Waals surface area contributed by atoms with E-state index in [0.29, 0.717) is 12.5 Å². The van der Waals surface area contributed by atoms with Crippen molar-refractivity contribution in [3.63, 3.8) is 0 Å². The predicted octanol–water partition coefficient (Wildman–Crippen LogP) is 2.70. The van der Waals surface area contributed by atoms with Gasteiger partial charge in [0.15, 0.2) is 0 Å². The van der Waals surface area contributed by atoms with Crippen molar-refractivity contribution < 1.29 is 4.79 Å². The highest BCUT2D eigenvalue weighted by atomic mass is 16.2. The first-order valence-electron chi connectivity index (χ1n) is 7.90. The molecule has 3 heteroatoms. The first-order valence-corrected chi connectivity index (χ1v) is 7.90. The molecule has 1 aromatic carbocycles. The number of amides is 1. The van der Waals surface area contributed by atoms with Gasteiger partial charge in [-0.05, 0) is 49.9 Å². The van der Waals surface area contributed by atoms with Gasteiger partial charge in [-0.3, -0.25) is 9.69 Å². The molecule has 1 amide bonds. The summed E-state index contributed by atoms with van der Waals surface area (Å²) in [6, 6.07) is 8.52. The number of nitrogens with one attached hydrogen (secondary N) is 1. The summed E-state index contributed by atoms with van der Waals surface area (Å²) in [6.07, 6.45) is 6.15. The average molecular weight is 272 g/mol. The second-order valence-electron chi connectivity index (χ2n) is 6.10. The van der Waals surface area contributed by atoms with E-state index >= 15 is 0 Å². The first-order chi connectivity index (χ1) is 9.83. The van der Waals surface area contributed by atoms with E-state index in [-0.39, 0.29) is 5.91 Å². The minimum atomic E-state index is 0.234. The fourth-order valence-corrected chi connectivity index (χ4v) is 2.91. The second kappa shape index (κ2) is 6.40. The number of rotatable bonds is 5. The van der Waals surface area contributed by atoms with E-state index < -0.39 is 0 Å². The highest BCUT2D eigenvalue weighted by Crippen LogP contribution is 2.28. The molecule has 2 aliphatic rings. The zero-order valence-corrected chi connectivity index (χ0v) is 12.1. The number of nitrogens with zero attached hydrogens (tertiary/aromatic N) is 1. The number of carbonyl (C=O) groups excluding carboxylic acids is 1. The van der Waals surface area contributed by atoms with Crippen LogP contribution in [0, 0.1) is 5.92 Å². The van der Waals surface area contributed by atoms with Crippen LogP contribution in [0.2, 0.25) is 0 Å². The van der Waals surface area contributed by atoms with Gasteiger partial charge in [0.1, 0.15) is 0 Å². The van der Waals surface area contributed by atoms with Crippen LogP contribution in [0.15, 0.2) is 24.3 Å². The molecule has 3 nitrogen and oxygen atoms in total. The lowest BCUT2D eigenvalue weighted by Gasteiger charge is -2.27. The van der Waals surface area contributed by atoms with Gasteiger partial charge in [0.25, 0.3) is 0 Å². The minimum Gasteiger partial charge on any atom is -0.352 e. The van der Waals surface area contributed by atoms with Gasteiger partial charge < -0.3 is 5.32 Å². The molecule has 0 bridgehead atoms. The van der Waals surface area contributed by atoms with Crippen molar-refractivity contribution in [2.45, 2.75) is 45.2 Å². The zero-order valence-electron chi connectivity index (χ0n) is 12.1. The van der Waals surface area contributed by atoms with Crippen LogP contribution in [0.25, 0.3) is 0 Å². The molecule has 0 aromatic heterocycles. The number of carbonyl (C=O) groups is 1. The Balaban J connectivity index is 1.59. The van der Waals surface area contributed by atoms with Crippen molar-refractivity contribution in [1.29, 1.82) is 0 Å². The standard InChI is InChI=1S/C17H24N2O/c20-17(14-8-9-14)18-12-15-6-2-3-7-16(15)13-19-10-4-1-5-11-19/h2-3,6-7,14H,1,4-5,8-13H2,(H,18,20). The van der Waals surface area contributed by atoms with Crippen LogP contribution in [0.3, 0.4) is 0 Å². The number of piperidine rings is 1. The zero-order chi connectivity index (χ0) is 13.8. The fourth-order valence-electron chi connectivity index (χ4n) is 2.91. The van der Waals surface area contributed by atoms with E-state index in [9.17, 15) is 4.79 Å². The molecule has 1 aromatic rings. The maximum absolute atomic E-state index is 11.8. The number of hydrogen-bond acceptors (Lipinski definition) is 2. The van der Waals surface area contributed by atoms with Crippen molar-refractivity contribution in [3.8, 4) is 0 Å². The Hall–Kier alpha value is -1.35. The molecule has 3 rings (SSSR count). The average Bonchev–Trinajstić information content (AvgIpc) is 3.32. The Morgan fingerprint density at radius 2 is 1.80 bits per heavy atom. The van der Waals surface area contributed by atoms with Gasteiger partial charge in [0.05, 0.1) is 0 Å². The van der Waals surface area contributed by atoms with Crippen LogP contribution >= 0.6 is 0 Å². The number of likely N-dealkylation sites (tertiary alicyclic amines) is 1. The second-order valence-corrected chi connectivity index (χ2v) is 6.10. The van der Waals surface area contributed by atoms with E-state index in [0.717, 1.165) is 19.4 Å². The molecule has 1 N–H and O–H groups in total. The summed E-state index contributed by atoms with van der Waals surface area (Å²) >= 11 is 0. The number of hydrogen-bond donors (Lipinski definition) is 1. The summed E-state index contributed by atoms with van der Waals surface area (Å²) < 4.78 is 0. The predicted molar refractivity (Wildman–Crippen MR) is 80.1 cm³/mol. The topological polar surface area (TPSA) is 32.3 Å². The largest absolute Gasteiger partial charge is 0.352 e. The van der Waals surface area contributed by atoms with E-state index in [4.69, 9.17) is 0 Å². The Morgan fingerprint density at radius 1 is 1.10 bits per heavy atom. The van der Waals surface area contributed by atoms with Crippen LogP contribution in [-0.4, -0.2) is 23.9 Å². The summed E-state index contributed by atoms with van der Waals surface area (Å²) in [5, 5.41) is 3.08. The normalized spacial score (nSPS) is 19.8. The first kappa shape index (κ1) is 13.6. The van der Waals surface area contributed by atoms with Crippen molar-refractivity contribution in [2.75, 3.05) is 13.1 Å². The van der Waals surface area contributed by atoms with Gasteiger partial charge in [0, 0.05) is 19.0 Å². The summed E-state index contributed by atoms with van der Waals surface area (Å²) in [4.78, 5) is 14.3. The Bertz CT molecular complexity index is 462. The summed E-state index contributed by atoms with van der Waals surface area (Å²) in [5.41, 5.74) is 2.64. The number of benzene rings is 1. The van der Waals surface area contributed by atoms with E-state index in [2.05, 4.69) is 34.5 Å². The molecule has 1 saturated carbocycles. The Labute approximate surface area is 121 Å². The van der Waals surface area contributed by atoms with Crippen LogP contribution in [-0.2, 0) is 17.9 Å². The maximum Gasteiger partial charge on any atom is 0.223 e. The molecule has 2 fully saturated rings. The van der Waals surface area contributed by atoms with Crippen LogP contribution in [0.5, 0.6) is 0 Å². The highest BCUT2D eigenvalue weighted by molar-refractivity contribution is 5.80. The molecule has 1 aliphatic heterocycles. The molecule has 1 aliphatic carbocycles. The van der Waals surface area contributed by atoms with Gasteiger partial charge >= 0.3 is 0 Å². The third kappa shape index (κ3) is 3.60. The summed E-state index contributed by atoms with van der Waals surface area (Å²) in [7, 11) is 0. The summed E-state index contributed by atoms with van der Waals surface area (Å²) in [6.45, 7) is 4.13. The lowest BCUT2D eigenvalue weighted by molar-refractivity contribution is -0.122.